The summed E-state index contributed by atoms with van der Waals surface area (Å²) in [5.41, 5.74) is 0.804. The summed E-state index contributed by atoms with van der Waals surface area (Å²) >= 11 is 5.72. The Morgan fingerprint density at radius 3 is 2.53 bits per heavy atom. The smallest absolute Gasteiger partial charge is 0.141 e. The van der Waals surface area contributed by atoms with Gasteiger partial charge in [0.1, 0.15) is 16.5 Å². The Hall–Kier alpha value is -0.890. The van der Waals surface area contributed by atoms with E-state index < -0.39 is 0 Å². The highest BCUT2D eigenvalue weighted by atomic mass is 35.5. The van der Waals surface area contributed by atoms with Gasteiger partial charge in [0.05, 0.1) is 0 Å². The van der Waals surface area contributed by atoms with E-state index in [9.17, 15) is 10.2 Å². The summed E-state index contributed by atoms with van der Waals surface area (Å²) in [4.78, 5) is 0. The molecule has 1 rings (SSSR count). The second kappa shape index (κ2) is 5.26. The fourth-order valence-corrected chi connectivity index (χ4v) is 1.68. The maximum Gasteiger partial charge on any atom is 0.141 e. The first-order valence-electron chi connectivity index (χ1n) is 5.21. The van der Waals surface area contributed by atoms with Crippen LogP contribution in [0.25, 0.3) is 0 Å². The first kappa shape index (κ1) is 12.2. The number of aromatic hydroxyl groups is 2. The van der Waals surface area contributed by atoms with E-state index in [0.717, 1.165) is 24.8 Å². The molecule has 2 N–H and O–H groups in total. The van der Waals surface area contributed by atoms with Crippen LogP contribution in [0.2, 0.25) is 5.02 Å². The number of aryl methyl sites for hydroxylation is 1. The molecular formula is C12H17ClO2. The van der Waals surface area contributed by atoms with Crippen LogP contribution in [-0.4, -0.2) is 10.2 Å². The van der Waals surface area contributed by atoms with Gasteiger partial charge in [-0.3, -0.25) is 0 Å². The predicted molar refractivity (Wildman–Crippen MR) is 62.6 cm³/mol. The number of rotatable bonds is 4. The van der Waals surface area contributed by atoms with Crippen LogP contribution in [0.3, 0.4) is 0 Å². The summed E-state index contributed by atoms with van der Waals surface area (Å²) in [7, 11) is 0. The summed E-state index contributed by atoms with van der Waals surface area (Å²) in [5, 5.41) is 19.0. The molecule has 0 fully saturated rings. The molecule has 0 aromatic heterocycles. The third kappa shape index (κ3) is 3.31. The van der Waals surface area contributed by atoms with Gasteiger partial charge in [0, 0.05) is 0 Å². The number of hydrogen-bond acceptors (Lipinski definition) is 2. The molecule has 0 unspecified atom stereocenters. The lowest BCUT2D eigenvalue weighted by molar-refractivity contribution is 0.444. The quantitative estimate of drug-likeness (QED) is 0.825. The van der Waals surface area contributed by atoms with Crippen molar-refractivity contribution in [2.24, 2.45) is 5.92 Å². The van der Waals surface area contributed by atoms with Gasteiger partial charge in [-0.1, -0.05) is 37.9 Å². The van der Waals surface area contributed by atoms with E-state index in [2.05, 4.69) is 13.8 Å². The van der Waals surface area contributed by atoms with E-state index in [0.29, 0.717) is 5.92 Å². The zero-order chi connectivity index (χ0) is 11.4. The standard InChI is InChI=1S/C12H17ClO2/c1-8(2)4-3-5-9-6-7-10(14)11(13)12(9)15/h6-8,14-15H,3-5H2,1-2H3. The number of phenolic OH excluding ortho intramolecular Hbond substituents is 2. The molecule has 15 heavy (non-hydrogen) atoms. The molecule has 0 atom stereocenters. The lowest BCUT2D eigenvalue weighted by Crippen LogP contribution is -1.91. The summed E-state index contributed by atoms with van der Waals surface area (Å²) in [6.07, 6.45) is 2.94. The van der Waals surface area contributed by atoms with E-state index >= 15 is 0 Å². The summed E-state index contributed by atoms with van der Waals surface area (Å²) in [5.74, 6) is 0.613. The van der Waals surface area contributed by atoms with Gasteiger partial charge in [-0.05, 0) is 30.4 Å². The molecule has 0 spiro atoms. The normalized spacial score (nSPS) is 10.9. The molecule has 0 heterocycles. The van der Waals surface area contributed by atoms with Crippen molar-refractivity contribution in [3.05, 3.63) is 22.7 Å². The third-order valence-electron chi connectivity index (χ3n) is 2.41. The highest BCUT2D eigenvalue weighted by Crippen LogP contribution is 2.35. The molecule has 0 bridgehead atoms. The van der Waals surface area contributed by atoms with E-state index in [-0.39, 0.29) is 16.5 Å². The molecule has 0 aliphatic rings. The van der Waals surface area contributed by atoms with Gasteiger partial charge < -0.3 is 10.2 Å². The van der Waals surface area contributed by atoms with Gasteiger partial charge in [0.15, 0.2) is 0 Å². The van der Waals surface area contributed by atoms with Crippen molar-refractivity contribution in [1.82, 2.24) is 0 Å². The third-order valence-corrected chi connectivity index (χ3v) is 2.78. The summed E-state index contributed by atoms with van der Waals surface area (Å²) < 4.78 is 0. The maximum absolute atomic E-state index is 9.65. The average molecular weight is 229 g/mol. The topological polar surface area (TPSA) is 40.5 Å². The van der Waals surface area contributed by atoms with Gasteiger partial charge in [0.25, 0.3) is 0 Å². The molecule has 0 aliphatic heterocycles. The second-order valence-electron chi connectivity index (χ2n) is 4.19. The Labute approximate surface area is 95.5 Å². The highest BCUT2D eigenvalue weighted by molar-refractivity contribution is 6.33. The first-order chi connectivity index (χ1) is 7.02. The zero-order valence-corrected chi connectivity index (χ0v) is 9.88. The molecule has 3 heteroatoms. The summed E-state index contributed by atoms with van der Waals surface area (Å²) in [6.45, 7) is 4.34. The number of halogens is 1. The van der Waals surface area contributed by atoms with E-state index in [1.807, 2.05) is 0 Å². The van der Waals surface area contributed by atoms with Crippen LogP contribution in [0.5, 0.6) is 11.5 Å². The highest BCUT2D eigenvalue weighted by Gasteiger charge is 2.09. The van der Waals surface area contributed by atoms with Crippen LogP contribution in [0, 0.1) is 5.92 Å². The van der Waals surface area contributed by atoms with Crippen LogP contribution in [-0.2, 0) is 6.42 Å². The van der Waals surface area contributed by atoms with Gasteiger partial charge in [0.2, 0.25) is 0 Å². The Morgan fingerprint density at radius 2 is 1.93 bits per heavy atom. The fourth-order valence-electron chi connectivity index (χ4n) is 1.50. The lowest BCUT2D eigenvalue weighted by atomic mass is 10.0. The molecule has 0 saturated heterocycles. The van der Waals surface area contributed by atoms with Crippen molar-refractivity contribution in [1.29, 1.82) is 0 Å². The average Bonchev–Trinajstić information content (AvgIpc) is 2.18. The lowest BCUT2D eigenvalue weighted by Gasteiger charge is -2.08. The van der Waals surface area contributed by atoms with Crippen molar-refractivity contribution >= 4 is 11.6 Å². The first-order valence-corrected chi connectivity index (χ1v) is 5.59. The Kier molecular flexibility index (Phi) is 4.28. The fraction of sp³-hybridized carbons (Fsp3) is 0.500. The minimum Gasteiger partial charge on any atom is -0.506 e. The molecule has 0 radical (unpaired) electrons. The molecule has 84 valence electrons. The molecule has 0 saturated carbocycles. The van der Waals surface area contributed by atoms with Crippen molar-refractivity contribution in [2.45, 2.75) is 33.1 Å². The molecule has 1 aromatic rings. The number of phenols is 2. The van der Waals surface area contributed by atoms with Crippen molar-refractivity contribution in [3.8, 4) is 11.5 Å². The second-order valence-corrected chi connectivity index (χ2v) is 4.57. The van der Waals surface area contributed by atoms with E-state index in [1.54, 1.807) is 6.07 Å². The Morgan fingerprint density at radius 1 is 1.27 bits per heavy atom. The van der Waals surface area contributed by atoms with Gasteiger partial charge in [-0.2, -0.15) is 0 Å². The van der Waals surface area contributed by atoms with Gasteiger partial charge in [-0.25, -0.2) is 0 Å². The van der Waals surface area contributed by atoms with Crippen LogP contribution in [0.15, 0.2) is 12.1 Å². The van der Waals surface area contributed by atoms with Gasteiger partial charge in [-0.15, -0.1) is 0 Å². The molecular weight excluding hydrogens is 212 g/mol. The van der Waals surface area contributed by atoms with Crippen molar-refractivity contribution in [3.63, 3.8) is 0 Å². The van der Waals surface area contributed by atoms with Crippen LogP contribution in [0.1, 0.15) is 32.3 Å². The largest absolute Gasteiger partial charge is 0.506 e. The number of hydrogen-bond donors (Lipinski definition) is 2. The molecule has 0 amide bonds. The number of benzene rings is 1. The molecule has 0 aliphatic carbocycles. The Balaban J connectivity index is 2.66. The van der Waals surface area contributed by atoms with Crippen LogP contribution in [0.4, 0.5) is 0 Å². The predicted octanol–water partition coefficient (Wildman–Crippen LogP) is 3.73. The van der Waals surface area contributed by atoms with Crippen molar-refractivity contribution in [2.75, 3.05) is 0 Å². The van der Waals surface area contributed by atoms with Crippen LogP contribution < -0.4 is 0 Å². The van der Waals surface area contributed by atoms with E-state index in [4.69, 9.17) is 11.6 Å². The maximum atomic E-state index is 9.65. The molecule has 1 aromatic carbocycles. The van der Waals surface area contributed by atoms with Crippen LogP contribution >= 0.6 is 11.6 Å². The summed E-state index contributed by atoms with van der Waals surface area (Å²) in [6, 6.07) is 3.24. The monoisotopic (exact) mass is 228 g/mol. The van der Waals surface area contributed by atoms with Gasteiger partial charge >= 0.3 is 0 Å². The Bertz CT molecular complexity index is 335. The minimum absolute atomic E-state index is 0.0143. The van der Waals surface area contributed by atoms with Crippen molar-refractivity contribution < 1.29 is 10.2 Å². The minimum atomic E-state index is -0.0678. The van der Waals surface area contributed by atoms with E-state index in [1.165, 1.54) is 6.07 Å². The molecule has 2 nitrogen and oxygen atoms in total. The SMILES string of the molecule is CC(C)CCCc1ccc(O)c(Cl)c1O. The zero-order valence-electron chi connectivity index (χ0n) is 9.13.